The van der Waals surface area contributed by atoms with Crippen LogP contribution in [0.2, 0.25) is 5.02 Å². The maximum atomic E-state index is 13.3. The topological polar surface area (TPSA) is 74.3 Å². The van der Waals surface area contributed by atoms with E-state index in [9.17, 15) is 9.59 Å². The van der Waals surface area contributed by atoms with E-state index in [2.05, 4.69) is 29.4 Å². The molecular formula is C26H29ClN4O2. The van der Waals surface area contributed by atoms with Crippen LogP contribution in [0.25, 0.3) is 10.9 Å². The summed E-state index contributed by atoms with van der Waals surface area (Å²) < 4.78 is 0. The number of nitrogens with one attached hydrogen (secondary N) is 2. The van der Waals surface area contributed by atoms with Crippen LogP contribution in [0.3, 0.4) is 0 Å². The lowest BCUT2D eigenvalue weighted by molar-refractivity contribution is 0.0948. The van der Waals surface area contributed by atoms with Crippen molar-refractivity contribution < 1.29 is 9.59 Å². The Hall–Kier alpha value is -2.96. The van der Waals surface area contributed by atoms with Crippen LogP contribution in [0.5, 0.6) is 0 Å². The van der Waals surface area contributed by atoms with Crippen LogP contribution in [0.15, 0.2) is 42.5 Å². The number of halogens is 1. The molecule has 3 aromatic rings. The summed E-state index contributed by atoms with van der Waals surface area (Å²) in [5.74, 6) is -0.299. The van der Waals surface area contributed by atoms with Gasteiger partial charge in [0.1, 0.15) is 0 Å². The van der Waals surface area contributed by atoms with Crippen molar-refractivity contribution in [1.29, 1.82) is 0 Å². The molecule has 1 heterocycles. The summed E-state index contributed by atoms with van der Waals surface area (Å²) in [7, 11) is 0. The molecule has 0 bridgehead atoms. The molecule has 1 aliphatic rings. The number of anilines is 1. The summed E-state index contributed by atoms with van der Waals surface area (Å²) in [5.41, 5.74) is 4.63. The van der Waals surface area contributed by atoms with Crippen molar-refractivity contribution in [2.75, 3.05) is 31.5 Å². The van der Waals surface area contributed by atoms with E-state index in [1.165, 1.54) is 0 Å². The Balaban J connectivity index is 1.48. The molecule has 0 atom stereocenters. The van der Waals surface area contributed by atoms with Crippen molar-refractivity contribution in [3.05, 3.63) is 69.9 Å². The highest BCUT2D eigenvalue weighted by Gasteiger charge is 2.24. The number of pyridine rings is 1. The van der Waals surface area contributed by atoms with Gasteiger partial charge in [0.15, 0.2) is 0 Å². The van der Waals surface area contributed by atoms with Crippen LogP contribution in [0.4, 0.5) is 5.69 Å². The highest BCUT2D eigenvalue weighted by molar-refractivity contribution is 6.31. The first-order chi connectivity index (χ1) is 16.0. The SMILES string of the molecule is CCN(CC)CCNC(=O)c1ccc(NC(=O)c2c3c(nc4ccc(Cl)cc24)CCC3)cc1. The molecular weight excluding hydrogens is 436 g/mol. The highest BCUT2D eigenvalue weighted by atomic mass is 35.5. The Morgan fingerprint density at radius 3 is 2.52 bits per heavy atom. The number of aryl methyl sites for hydroxylation is 1. The van der Waals surface area contributed by atoms with Gasteiger partial charge in [0, 0.05) is 40.4 Å². The molecule has 172 valence electrons. The fourth-order valence-corrected chi connectivity index (χ4v) is 4.53. The Morgan fingerprint density at radius 2 is 1.79 bits per heavy atom. The van der Waals surface area contributed by atoms with Crippen LogP contribution in [0, 0.1) is 0 Å². The number of carbonyl (C=O) groups is 2. The first kappa shape index (κ1) is 23.2. The normalized spacial score (nSPS) is 12.7. The van der Waals surface area contributed by atoms with Gasteiger partial charge in [0.2, 0.25) is 0 Å². The van der Waals surface area contributed by atoms with Crippen LogP contribution < -0.4 is 10.6 Å². The number of amides is 2. The summed E-state index contributed by atoms with van der Waals surface area (Å²) >= 11 is 6.22. The third-order valence-electron chi connectivity index (χ3n) is 6.21. The van der Waals surface area contributed by atoms with Gasteiger partial charge in [0.05, 0.1) is 11.1 Å². The highest BCUT2D eigenvalue weighted by Crippen LogP contribution is 2.32. The number of hydrogen-bond donors (Lipinski definition) is 2. The lowest BCUT2D eigenvalue weighted by atomic mass is 10.0. The van der Waals surface area contributed by atoms with Crippen molar-refractivity contribution >= 4 is 40.0 Å². The molecule has 6 nitrogen and oxygen atoms in total. The molecule has 7 heteroatoms. The molecule has 0 saturated heterocycles. The van der Waals surface area contributed by atoms with E-state index < -0.39 is 0 Å². The Kier molecular flexibility index (Phi) is 7.26. The van der Waals surface area contributed by atoms with Gasteiger partial charge in [-0.3, -0.25) is 14.6 Å². The first-order valence-electron chi connectivity index (χ1n) is 11.5. The Morgan fingerprint density at radius 1 is 1.03 bits per heavy atom. The zero-order valence-corrected chi connectivity index (χ0v) is 19.8. The largest absolute Gasteiger partial charge is 0.351 e. The fourth-order valence-electron chi connectivity index (χ4n) is 4.36. The van der Waals surface area contributed by atoms with E-state index >= 15 is 0 Å². The quantitative estimate of drug-likeness (QED) is 0.506. The molecule has 0 spiro atoms. The number of rotatable bonds is 8. The van der Waals surface area contributed by atoms with Gasteiger partial charge >= 0.3 is 0 Å². The lowest BCUT2D eigenvalue weighted by Crippen LogP contribution is -2.34. The molecule has 1 aliphatic carbocycles. The Labute approximate surface area is 199 Å². The number of carbonyl (C=O) groups excluding carboxylic acids is 2. The zero-order valence-electron chi connectivity index (χ0n) is 19.1. The predicted molar refractivity (Wildman–Crippen MR) is 133 cm³/mol. The summed E-state index contributed by atoms with van der Waals surface area (Å²) in [4.78, 5) is 32.7. The summed E-state index contributed by atoms with van der Waals surface area (Å²) in [6.07, 6.45) is 2.71. The number of likely N-dealkylation sites (N-methyl/N-ethyl adjacent to an activating group) is 1. The maximum Gasteiger partial charge on any atom is 0.256 e. The molecule has 0 unspecified atom stereocenters. The van der Waals surface area contributed by atoms with Gasteiger partial charge in [-0.25, -0.2) is 0 Å². The molecule has 33 heavy (non-hydrogen) atoms. The average Bonchev–Trinajstić information content (AvgIpc) is 3.28. The molecule has 4 rings (SSSR count). The van der Waals surface area contributed by atoms with Crippen LogP contribution >= 0.6 is 11.6 Å². The fraction of sp³-hybridized carbons (Fsp3) is 0.346. The van der Waals surface area contributed by atoms with Crippen molar-refractivity contribution in [3.8, 4) is 0 Å². The first-order valence-corrected chi connectivity index (χ1v) is 11.9. The molecule has 1 aromatic heterocycles. The standard InChI is InChI=1S/C26H29ClN4O2/c1-3-31(4-2)15-14-28-25(32)17-8-11-19(12-9-17)29-26(33)24-20-6-5-7-22(20)30-23-13-10-18(27)16-21(23)24/h8-13,16H,3-7,14-15H2,1-2H3,(H,28,32)(H,29,33). The van der Waals surface area contributed by atoms with Crippen molar-refractivity contribution in [2.45, 2.75) is 33.1 Å². The monoisotopic (exact) mass is 464 g/mol. The third-order valence-corrected chi connectivity index (χ3v) is 6.45. The average molecular weight is 465 g/mol. The summed E-state index contributed by atoms with van der Waals surface area (Å²) in [5, 5.41) is 7.29. The van der Waals surface area contributed by atoms with Gasteiger partial charge in [-0.2, -0.15) is 0 Å². The van der Waals surface area contributed by atoms with Crippen LogP contribution in [-0.2, 0) is 12.8 Å². The van der Waals surface area contributed by atoms with Crippen molar-refractivity contribution in [1.82, 2.24) is 15.2 Å². The zero-order chi connectivity index (χ0) is 23.4. The second-order valence-corrected chi connectivity index (χ2v) is 8.68. The van der Waals surface area contributed by atoms with E-state index in [1.807, 2.05) is 12.1 Å². The van der Waals surface area contributed by atoms with E-state index in [4.69, 9.17) is 16.6 Å². The molecule has 2 amide bonds. The lowest BCUT2D eigenvalue weighted by Gasteiger charge is -2.18. The minimum absolute atomic E-state index is 0.118. The summed E-state index contributed by atoms with van der Waals surface area (Å²) in [6, 6.07) is 12.4. The number of nitrogens with zero attached hydrogens (tertiary/aromatic N) is 2. The smallest absolute Gasteiger partial charge is 0.256 e. The molecule has 2 aromatic carbocycles. The van der Waals surface area contributed by atoms with Crippen molar-refractivity contribution in [2.24, 2.45) is 0 Å². The number of aromatic nitrogens is 1. The van der Waals surface area contributed by atoms with Gasteiger partial charge in [-0.1, -0.05) is 25.4 Å². The molecule has 0 aliphatic heterocycles. The second-order valence-electron chi connectivity index (χ2n) is 8.24. The molecule has 0 radical (unpaired) electrons. The number of hydrogen-bond acceptors (Lipinski definition) is 4. The molecule has 0 saturated carbocycles. The van der Waals surface area contributed by atoms with Gasteiger partial charge in [-0.05, 0) is 80.4 Å². The van der Waals surface area contributed by atoms with Crippen molar-refractivity contribution in [3.63, 3.8) is 0 Å². The van der Waals surface area contributed by atoms with E-state index in [0.29, 0.717) is 28.4 Å². The van der Waals surface area contributed by atoms with Gasteiger partial charge in [-0.15, -0.1) is 0 Å². The number of benzene rings is 2. The Bertz CT molecular complexity index is 1170. The minimum Gasteiger partial charge on any atom is -0.351 e. The van der Waals surface area contributed by atoms with Crippen LogP contribution in [0.1, 0.15) is 52.2 Å². The molecule has 0 fully saturated rings. The summed E-state index contributed by atoms with van der Waals surface area (Å²) in [6.45, 7) is 7.56. The minimum atomic E-state index is -0.181. The molecule has 2 N–H and O–H groups in total. The second kappa shape index (κ2) is 10.3. The van der Waals surface area contributed by atoms with E-state index in [0.717, 1.165) is 61.1 Å². The van der Waals surface area contributed by atoms with Gasteiger partial charge < -0.3 is 15.5 Å². The maximum absolute atomic E-state index is 13.3. The van der Waals surface area contributed by atoms with E-state index in [1.54, 1.807) is 30.3 Å². The van der Waals surface area contributed by atoms with Gasteiger partial charge in [0.25, 0.3) is 11.8 Å². The van der Waals surface area contributed by atoms with E-state index in [-0.39, 0.29) is 11.8 Å². The number of fused-ring (bicyclic) bond motifs is 2. The third kappa shape index (κ3) is 5.18. The predicted octanol–water partition coefficient (Wildman–Crippen LogP) is 4.70. The van der Waals surface area contributed by atoms with Crippen LogP contribution in [-0.4, -0.2) is 47.9 Å².